The number of carbonyl (C=O) groups excluding carboxylic acids is 3. The van der Waals surface area contributed by atoms with Crippen LogP contribution in [0.2, 0.25) is 0 Å². The zero-order valence-corrected chi connectivity index (χ0v) is 14.0. The zero-order valence-electron chi connectivity index (χ0n) is 13.2. The molecule has 3 rings (SSSR count). The summed E-state index contributed by atoms with van der Waals surface area (Å²) in [5.41, 5.74) is 2.11. The molecule has 1 aromatic carbocycles. The minimum Gasteiger partial charge on any atom is -0.356 e. The molecule has 1 N–H and O–H groups in total. The van der Waals surface area contributed by atoms with Gasteiger partial charge in [0.1, 0.15) is 0 Å². The van der Waals surface area contributed by atoms with Gasteiger partial charge in [-0.3, -0.25) is 19.3 Å². The molecule has 1 aromatic heterocycles. The fourth-order valence-corrected chi connectivity index (χ4v) is 3.41. The number of nitrogens with zero attached hydrogens (tertiary/aromatic N) is 1. The molecule has 5 nitrogen and oxygen atoms in total. The van der Waals surface area contributed by atoms with E-state index in [0.717, 1.165) is 6.42 Å². The second-order valence-corrected chi connectivity index (χ2v) is 6.42. The molecule has 0 atom stereocenters. The number of hydrogen-bond acceptors (Lipinski definition) is 4. The van der Waals surface area contributed by atoms with Crippen LogP contribution in [0.1, 0.15) is 39.1 Å². The summed E-state index contributed by atoms with van der Waals surface area (Å²) < 4.78 is 0. The molecule has 0 bridgehead atoms. The predicted molar refractivity (Wildman–Crippen MR) is 92.1 cm³/mol. The van der Waals surface area contributed by atoms with Gasteiger partial charge in [-0.2, -0.15) is 11.3 Å². The van der Waals surface area contributed by atoms with Crippen LogP contribution >= 0.6 is 11.3 Å². The van der Waals surface area contributed by atoms with E-state index in [0.29, 0.717) is 30.5 Å². The van der Waals surface area contributed by atoms with Gasteiger partial charge in [-0.15, -0.1) is 0 Å². The Balaban J connectivity index is 1.41. The molecule has 124 valence electrons. The summed E-state index contributed by atoms with van der Waals surface area (Å²) in [7, 11) is 0. The third kappa shape index (κ3) is 3.54. The van der Waals surface area contributed by atoms with E-state index in [1.807, 2.05) is 11.4 Å². The van der Waals surface area contributed by atoms with Crippen molar-refractivity contribution in [2.45, 2.75) is 19.3 Å². The first-order valence-electron chi connectivity index (χ1n) is 7.90. The van der Waals surface area contributed by atoms with Crippen molar-refractivity contribution >= 4 is 29.1 Å². The normalized spacial score (nSPS) is 13.2. The van der Waals surface area contributed by atoms with Crippen LogP contribution in [0.5, 0.6) is 0 Å². The van der Waals surface area contributed by atoms with Crippen LogP contribution in [-0.4, -0.2) is 35.7 Å². The van der Waals surface area contributed by atoms with Gasteiger partial charge in [-0.05, 0) is 47.4 Å². The highest BCUT2D eigenvalue weighted by Gasteiger charge is 2.34. The number of hydrogen-bond donors (Lipinski definition) is 1. The van der Waals surface area contributed by atoms with Crippen molar-refractivity contribution in [3.8, 4) is 0 Å². The molecule has 2 aromatic rings. The molecule has 0 aliphatic carbocycles. The van der Waals surface area contributed by atoms with E-state index >= 15 is 0 Å². The largest absolute Gasteiger partial charge is 0.356 e. The Labute approximate surface area is 144 Å². The number of rotatable bonds is 7. The summed E-state index contributed by atoms with van der Waals surface area (Å²) in [4.78, 5) is 37.4. The SMILES string of the molecule is O=C(CCCN1C(=O)c2ccccc2C1=O)NCCc1ccsc1. The van der Waals surface area contributed by atoms with Gasteiger partial charge in [0.15, 0.2) is 0 Å². The fourth-order valence-electron chi connectivity index (χ4n) is 2.71. The van der Waals surface area contributed by atoms with Crippen LogP contribution in [0.25, 0.3) is 0 Å². The first-order chi connectivity index (χ1) is 11.7. The lowest BCUT2D eigenvalue weighted by atomic mass is 10.1. The molecule has 24 heavy (non-hydrogen) atoms. The van der Waals surface area contributed by atoms with Crippen LogP contribution in [-0.2, 0) is 11.2 Å². The standard InChI is InChI=1S/C18H18N2O3S/c21-16(19-9-7-13-8-11-24-12-13)6-3-10-20-17(22)14-4-1-2-5-15(14)18(20)23/h1-2,4-5,8,11-12H,3,6-7,9-10H2,(H,19,21). The van der Waals surface area contributed by atoms with Crippen LogP contribution in [0.4, 0.5) is 0 Å². The summed E-state index contributed by atoms with van der Waals surface area (Å²) in [5, 5.41) is 6.94. The highest BCUT2D eigenvalue weighted by atomic mass is 32.1. The van der Waals surface area contributed by atoms with Crippen molar-refractivity contribution in [3.63, 3.8) is 0 Å². The predicted octanol–water partition coefficient (Wildman–Crippen LogP) is 2.48. The number of thiophene rings is 1. The summed E-state index contributed by atoms with van der Waals surface area (Å²) in [6.45, 7) is 0.868. The maximum Gasteiger partial charge on any atom is 0.261 e. The Bertz CT molecular complexity index is 720. The zero-order chi connectivity index (χ0) is 16.9. The van der Waals surface area contributed by atoms with Gasteiger partial charge in [0, 0.05) is 19.5 Å². The maximum atomic E-state index is 12.2. The molecular weight excluding hydrogens is 324 g/mol. The molecule has 0 fully saturated rings. The number of imide groups is 1. The highest BCUT2D eigenvalue weighted by Crippen LogP contribution is 2.22. The van der Waals surface area contributed by atoms with Gasteiger partial charge in [-0.25, -0.2) is 0 Å². The van der Waals surface area contributed by atoms with Gasteiger partial charge in [0.25, 0.3) is 11.8 Å². The number of nitrogens with one attached hydrogen (secondary N) is 1. The van der Waals surface area contributed by atoms with Crippen molar-refractivity contribution in [3.05, 3.63) is 57.8 Å². The molecule has 1 aliphatic rings. The second kappa shape index (κ2) is 7.40. The second-order valence-electron chi connectivity index (χ2n) is 5.64. The number of fused-ring (bicyclic) bond motifs is 1. The van der Waals surface area contributed by atoms with E-state index < -0.39 is 0 Å². The van der Waals surface area contributed by atoms with Crippen molar-refractivity contribution in [2.75, 3.05) is 13.1 Å². The maximum absolute atomic E-state index is 12.2. The minimum atomic E-state index is -0.270. The van der Waals surface area contributed by atoms with E-state index in [1.165, 1.54) is 10.5 Å². The van der Waals surface area contributed by atoms with Crippen LogP contribution in [0.3, 0.4) is 0 Å². The van der Waals surface area contributed by atoms with E-state index in [4.69, 9.17) is 0 Å². The van der Waals surface area contributed by atoms with Crippen molar-refractivity contribution in [1.29, 1.82) is 0 Å². The molecule has 0 saturated heterocycles. The molecule has 6 heteroatoms. The van der Waals surface area contributed by atoms with E-state index in [2.05, 4.69) is 10.7 Å². The lowest BCUT2D eigenvalue weighted by Crippen LogP contribution is -2.32. The molecule has 0 unspecified atom stereocenters. The van der Waals surface area contributed by atoms with Crippen molar-refractivity contribution in [1.82, 2.24) is 10.2 Å². The van der Waals surface area contributed by atoms with Gasteiger partial charge in [0.05, 0.1) is 11.1 Å². The Hall–Kier alpha value is -2.47. The molecular formula is C18H18N2O3S. The van der Waals surface area contributed by atoms with Crippen LogP contribution in [0.15, 0.2) is 41.1 Å². The number of carbonyl (C=O) groups is 3. The quantitative estimate of drug-likeness (QED) is 0.786. The Morgan fingerprint density at radius 3 is 2.42 bits per heavy atom. The number of benzene rings is 1. The van der Waals surface area contributed by atoms with Gasteiger partial charge >= 0.3 is 0 Å². The van der Waals surface area contributed by atoms with E-state index in [-0.39, 0.29) is 24.3 Å². The molecule has 1 aliphatic heterocycles. The minimum absolute atomic E-state index is 0.0539. The van der Waals surface area contributed by atoms with Crippen molar-refractivity contribution in [2.24, 2.45) is 0 Å². The number of amides is 3. The molecule has 3 amide bonds. The van der Waals surface area contributed by atoms with Crippen molar-refractivity contribution < 1.29 is 14.4 Å². The first-order valence-corrected chi connectivity index (χ1v) is 8.84. The lowest BCUT2D eigenvalue weighted by Gasteiger charge is -2.13. The molecule has 0 radical (unpaired) electrons. The summed E-state index contributed by atoms with van der Waals surface area (Å²) >= 11 is 1.64. The molecule has 0 saturated carbocycles. The fraction of sp³-hybridized carbons (Fsp3) is 0.278. The average molecular weight is 342 g/mol. The smallest absolute Gasteiger partial charge is 0.261 e. The lowest BCUT2D eigenvalue weighted by molar-refractivity contribution is -0.121. The van der Waals surface area contributed by atoms with Crippen LogP contribution < -0.4 is 5.32 Å². The monoisotopic (exact) mass is 342 g/mol. The van der Waals surface area contributed by atoms with E-state index in [1.54, 1.807) is 35.6 Å². The highest BCUT2D eigenvalue weighted by molar-refractivity contribution is 7.07. The molecule has 0 spiro atoms. The summed E-state index contributed by atoms with van der Waals surface area (Å²) in [5.74, 6) is -0.594. The summed E-state index contributed by atoms with van der Waals surface area (Å²) in [6, 6.07) is 8.85. The van der Waals surface area contributed by atoms with Gasteiger partial charge in [-0.1, -0.05) is 12.1 Å². The third-order valence-corrected chi connectivity index (χ3v) is 4.71. The van der Waals surface area contributed by atoms with E-state index in [9.17, 15) is 14.4 Å². The van der Waals surface area contributed by atoms with Crippen LogP contribution in [0, 0.1) is 0 Å². The molecule has 2 heterocycles. The van der Waals surface area contributed by atoms with Gasteiger partial charge < -0.3 is 5.32 Å². The first kappa shape index (κ1) is 16.4. The Morgan fingerprint density at radius 2 is 1.79 bits per heavy atom. The summed E-state index contributed by atoms with van der Waals surface area (Å²) in [6.07, 6.45) is 1.58. The van der Waals surface area contributed by atoms with Gasteiger partial charge in [0.2, 0.25) is 5.91 Å². The Kier molecular flexibility index (Phi) is 5.05. The average Bonchev–Trinajstić information content (AvgIpc) is 3.18. The third-order valence-electron chi connectivity index (χ3n) is 3.98. The Morgan fingerprint density at radius 1 is 1.08 bits per heavy atom. The topological polar surface area (TPSA) is 66.5 Å².